The Hall–Kier alpha value is -0.860. The SMILES string of the molecule is NC1CCC(c2ccccc2)CC1OCC1CC1. The minimum atomic E-state index is 0.240. The molecule has 0 aromatic heterocycles. The molecule has 2 nitrogen and oxygen atoms in total. The van der Waals surface area contributed by atoms with Crippen molar-refractivity contribution in [2.45, 2.75) is 50.2 Å². The van der Waals surface area contributed by atoms with Crippen molar-refractivity contribution in [1.29, 1.82) is 0 Å². The predicted octanol–water partition coefficient (Wildman–Crippen LogP) is 3.08. The molecule has 0 aliphatic heterocycles. The molecular formula is C16H23NO. The molecule has 2 heteroatoms. The number of nitrogens with two attached hydrogens (primary N) is 1. The van der Waals surface area contributed by atoms with Crippen LogP contribution < -0.4 is 5.73 Å². The first kappa shape index (κ1) is 12.2. The Kier molecular flexibility index (Phi) is 3.67. The van der Waals surface area contributed by atoms with E-state index in [4.69, 9.17) is 10.5 Å². The molecule has 0 saturated heterocycles. The fraction of sp³-hybridized carbons (Fsp3) is 0.625. The average Bonchev–Trinajstić information content (AvgIpc) is 3.23. The second-order valence-corrected chi connectivity index (χ2v) is 5.90. The van der Waals surface area contributed by atoms with Crippen LogP contribution in [0.1, 0.15) is 43.6 Å². The summed E-state index contributed by atoms with van der Waals surface area (Å²) in [7, 11) is 0. The number of hydrogen-bond donors (Lipinski definition) is 1. The quantitative estimate of drug-likeness (QED) is 0.884. The summed E-state index contributed by atoms with van der Waals surface area (Å²) >= 11 is 0. The van der Waals surface area contributed by atoms with Gasteiger partial charge >= 0.3 is 0 Å². The van der Waals surface area contributed by atoms with Crippen LogP contribution in [0, 0.1) is 5.92 Å². The van der Waals surface area contributed by atoms with Crippen molar-refractivity contribution in [2.24, 2.45) is 11.7 Å². The highest BCUT2D eigenvalue weighted by Crippen LogP contribution is 2.35. The summed E-state index contributed by atoms with van der Waals surface area (Å²) in [6.07, 6.45) is 6.36. The van der Waals surface area contributed by atoms with Gasteiger partial charge in [0.1, 0.15) is 0 Å². The van der Waals surface area contributed by atoms with E-state index in [9.17, 15) is 0 Å². The van der Waals surface area contributed by atoms with Crippen molar-refractivity contribution in [3.8, 4) is 0 Å². The van der Waals surface area contributed by atoms with E-state index in [1.54, 1.807) is 0 Å². The Bertz CT molecular complexity index is 374. The van der Waals surface area contributed by atoms with Gasteiger partial charge in [-0.2, -0.15) is 0 Å². The molecule has 1 aromatic rings. The van der Waals surface area contributed by atoms with Gasteiger partial charge in [-0.3, -0.25) is 0 Å². The van der Waals surface area contributed by atoms with Gasteiger partial charge in [-0.05, 0) is 49.5 Å². The Morgan fingerprint density at radius 3 is 2.56 bits per heavy atom. The van der Waals surface area contributed by atoms with Crippen molar-refractivity contribution in [2.75, 3.05) is 6.61 Å². The van der Waals surface area contributed by atoms with Gasteiger partial charge in [-0.15, -0.1) is 0 Å². The largest absolute Gasteiger partial charge is 0.376 e. The first-order valence-electron chi connectivity index (χ1n) is 7.25. The summed E-state index contributed by atoms with van der Waals surface area (Å²) in [5.41, 5.74) is 7.65. The molecule has 3 atom stereocenters. The van der Waals surface area contributed by atoms with E-state index in [2.05, 4.69) is 30.3 Å². The molecule has 98 valence electrons. The topological polar surface area (TPSA) is 35.2 Å². The third-order valence-electron chi connectivity index (χ3n) is 4.36. The van der Waals surface area contributed by atoms with Crippen LogP contribution in [0.4, 0.5) is 0 Å². The summed E-state index contributed by atoms with van der Waals surface area (Å²) in [5.74, 6) is 1.46. The molecule has 2 saturated carbocycles. The van der Waals surface area contributed by atoms with E-state index < -0.39 is 0 Å². The molecule has 0 radical (unpaired) electrons. The lowest BCUT2D eigenvalue weighted by Crippen LogP contribution is -2.41. The van der Waals surface area contributed by atoms with Gasteiger partial charge in [-0.25, -0.2) is 0 Å². The monoisotopic (exact) mass is 245 g/mol. The van der Waals surface area contributed by atoms with Gasteiger partial charge < -0.3 is 10.5 Å². The first-order valence-corrected chi connectivity index (χ1v) is 7.25. The van der Waals surface area contributed by atoms with Crippen LogP contribution in [0.3, 0.4) is 0 Å². The molecule has 0 bridgehead atoms. The zero-order valence-electron chi connectivity index (χ0n) is 10.9. The fourth-order valence-corrected chi connectivity index (χ4v) is 2.92. The number of hydrogen-bond acceptors (Lipinski definition) is 2. The zero-order chi connectivity index (χ0) is 12.4. The van der Waals surface area contributed by atoms with Crippen molar-refractivity contribution in [3.05, 3.63) is 35.9 Å². The normalized spacial score (nSPS) is 32.4. The molecule has 3 rings (SSSR count). The van der Waals surface area contributed by atoms with Crippen molar-refractivity contribution in [3.63, 3.8) is 0 Å². The lowest BCUT2D eigenvalue weighted by Gasteiger charge is -2.34. The maximum Gasteiger partial charge on any atom is 0.0731 e. The molecule has 2 aliphatic rings. The molecule has 18 heavy (non-hydrogen) atoms. The molecule has 0 amide bonds. The van der Waals surface area contributed by atoms with Gasteiger partial charge in [0.15, 0.2) is 0 Å². The van der Waals surface area contributed by atoms with Crippen molar-refractivity contribution >= 4 is 0 Å². The third-order valence-corrected chi connectivity index (χ3v) is 4.36. The van der Waals surface area contributed by atoms with Crippen molar-refractivity contribution in [1.82, 2.24) is 0 Å². The minimum absolute atomic E-state index is 0.240. The van der Waals surface area contributed by atoms with Crippen LogP contribution in [-0.2, 0) is 4.74 Å². The summed E-state index contributed by atoms with van der Waals surface area (Å²) in [6.45, 7) is 0.930. The van der Waals surface area contributed by atoms with Gasteiger partial charge in [0.25, 0.3) is 0 Å². The maximum atomic E-state index is 6.20. The zero-order valence-corrected chi connectivity index (χ0v) is 10.9. The van der Waals surface area contributed by atoms with E-state index in [1.807, 2.05) is 0 Å². The maximum absolute atomic E-state index is 6.20. The predicted molar refractivity (Wildman–Crippen MR) is 73.5 cm³/mol. The van der Waals surface area contributed by atoms with Crippen LogP contribution in [0.25, 0.3) is 0 Å². The van der Waals surface area contributed by atoms with Crippen LogP contribution in [0.5, 0.6) is 0 Å². The van der Waals surface area contributed by atoms with Crippen molar-refractivity contribution < 1.29 is 4.74 Å². The van der Waals surface area contributed by atoms with Gasteiger partial charge in [0.05, 0.1) is 6.10 Å². The second-order valence-electron chi connectivity index (χ2n) is 5.90. The minimum Gasteiger partial charge on any atom is -0.376 e. The lowest BCUT2D eigenvalue weighted by molar-refractivity contribution is 0.00391. The smallest absolute Gasteiger partial charge is 0.0731 e. The number of rotatable bonds is 4. The van der Waals surface area contributed by atoms with Gasteiger partial charge in [0, 0.05) is 12.6 Å². The molecule has 2 aliphatic carbocycles. The highest BCUT2D eigenvalue weighted by molar-refractivity contribution is 5.20. The van der Waals surface area contributed by atoms with Gasteiger partial charge in [0.2, 0.25) is 0 Å². The van der Waals surface area contributed by atoms with E-state index >= 15 is 0 Å². The Labute approximate surface area is 110 Å². The van der Waals surface area contributed by atoms with E-state index in [-0.39, 0.29) is 12.1 Å². The molecular weight excluding hydrogens is 222 g/mol. The standard InChI is InChI=1S/C16H23NO/c17-15-9-8-14(13-4-2-1-3-5-13)10-16(15)18-11-12-6-7-12/h1-5,12,14-16H,6-11,17H2. The molecule has 1 aromatic carbocycles. The first-order chi connectivity index (χ1) is 8.83. The number of ether oxygens (including phenoxy) is 1. The Morgan fingerprint density at radius 2 is 1.83 bits per heavy atom. The van der Waals surface area contributed by atoms with E-state index in [0.29, 0.717) is 5.92 Å². The molecule has 2 N–H and O–H groups in total. The Balaban J connectivity index is 1.60. The van der Waals surface area contributed by atoms with E-state index in [0.717, 1.165) is 25.4 Å². The van der Waals surface area contributed by atoms with Gasteiger partial charge in [-0.1, -0.05) is 30.3 Å². The van der Waals surface area contributed by atoms with Crippen LogP contribution in [0.15, 0.2) is 30.3 Å². The second kappa shape index (κ2) is 5.41. The highest BCUT2D eigenvalue weighted by atomic mass is 16.5. The summed E-state index contributed by atoms with van der Waals surface area (Å²) in [6, 6.07) is 11.1. The van der Waals surface area contributed by atoms with Crippen LogP contribution in [-0.4, -0.2) is 18.8 Å². The Morgan fingerprint density at radius 1 is 1.06 bits per heavy atom. The van der Waals surface area contributed by atoms with Crippen LogP contribution >= 0.6 is 0 Å². The summed E-state index contributed by atoms with van der Waals surface area (Å²) < 4.78 is 6.05. The molecule has 0 heterocycles. The summed E-state index contributed by atoms with van der Waals surface area (Å²) in [5, 5.41) is 0. The molecule has 3 unspecified atom stereocenters. The molecule has 0 spiro atoms. The number of benzene rings is 1. The fourth-order valence-electron chi connectivity index (χ4n) is 2.92. The summed E-state index contributed by atoms with van der Waals surface area (Å²) in [4.78, 5) is 0. The third kappa shape index (κ3) is 2.93. The van der Waals surface area contributed by atoms with E-state index in [1.165, 1.54) is 24.8 Å². The average molecular weight is 245 g/mol. The molecule has 2 fully saturated rings. The highest BCUT2D eigenvalue weighted by Gasteiger charge is 2.31. The lowest BCUT2D eigenvalue weighted by atomic mass is 9.80. The van der Waals surface area contributed by atoms with Crippen LogP contribution in [0.2, 0.25) is 0 Å².